The predicted molar refractivity (Wildman–Crippen MR) is 91.6 cm³/mol. The first-order valence-electron chi connectivity index (χ1n) is 7.72. The van der Waals surface area contributed by atoms with Crippen LogP contribution in [0.2, 0.25) is 0 Å². The van der Waals surface area contributed by atoms with E-state index in [1.807, 2.05) is 25.1 Å². The number of amides is 1. The summed E-state index contributed by atoms with van der Waals surface area (Å²) >= 11 is 0. The summed E-state index contributed by atoms with van der Waals surface area (Å²) < 4.78 is 5.22. The lowest BCUT2D eigenvalue weighted by molar-refractivity contribution is -0.136. The van der Waals surface area contributed by atoms with Crippen LogP contribution in [0.4, 0.5) is 0 Å². The van der Waals surface area contributed by atoms with E-state index < -0.39 is 5.97 Å². The van der Waals surface area contributed by atoms with Gasteiger partial charge in [-0.25, -0.2) is 0 Å². The SMILES string of the molecule is COc1ccc(C)cc1C(=O)NCCc1ccc(CC(=O)O)cc1. The van der Waals surface area contributed by atoms with Gasteiger partial charge in [-0.05, 0) is 36.6 Å². The molecule has 126 valence electrons. The number of hydrogen-bond donors (Lipinski definition) is 2. The van der Waals surface area contributed by atoms with Crippen LogP contribution in [0.5, 0.6) is 5.75 Å². The monoisotopic (exact) mass is 327 g/mol. The van der Waals surface area contributed by atoms with Gasteiger partial charge in [0.2, 0.25) is 0 Å². The van der Waals surface area contributed by atoms with E-state index in [-0.39, 0.29) is 12.3 Å². The highest BCUT2D eigenvalue weighted by Crippen LogP contribution is 2.19. The molecule has 2 aromatic carbocycles. The number of aliphatic carboxylic acids is 1. The minimum Gasteiger partial charge on any atom is -0.496 e. The first kappa shape index (κ1) is 17.5. The summed E-state index contributed by atoms with van der Waals surface area (Å²) in [5.74, 6) is -0.462. The molecule has 0 saturated heterocycles. The van der Waals surface area contributed by atoms with Gasteiger partial charge in [0.05, 0.1) is 19.1 Å². The van der Waals surface area contributed by atoms with Crippen molar-refractivity contribution in [1.29, 1.82) is 0 Å². The van der Waals surface area contributed by atoms with Gasteiger partial charge in [0, 0.05) is 6.54 Å². The fourth-order valence-corrected chi connectivity index (χ4v) is 2.41. The summed E-state index contributed by atoms with van der Waals surface area (Å²) in [6.07, 6.45) is 0.692. The molecule has 0 unspecified atom stereocenters. The van der Waals surface area contributed by atoms with E-state index in [1.54, 1.807) is 31.4 Å². The number of carboxylic acids is 1. The van der Waals surface area contributed by atoms with Crippen LogP contribution in [0.25, 0.3) is 0 Å². The average Bonchev–Trinajstić information content (AvgIpc) is 2.56. The Hall–Kier alpha value is -2.82. The highest BCUT2D eigenvalue weighted by atomic mass is 16.5. The maximum atomic E-state index is 12.3. The van der Waals surface area contributed by atoms with Crippen molar-refractivity contribution >= 4 is 11.9 Å². The molecule has 2 rings (SSSR count). The summed E-state index contributed by atoms with van der Waals surface area (Å²) in [6, 6.07) is 12.9. The maximum absolute atomic E-state index is 12.3. The van der Waals surface area contributed by atoms with Crippen molar-refractivity contribution in [3.05, 3.63) is 64.7 Å². The first-order valence-corrected chi connectivity index (χ1v) is 7.72. The Morgan fingerprint density at radius 3 is 2.38 bits per heavy atom. The number of nitrogens with one attached hydrogen (secondary N) is 1. The van der Waals surface area contributed by atoms with E-state index in [2.05, 4.69) is 5.32 Å². The Balaban J connectivity index is 1.91. The van der Waals surface area contributed by atoms with Crippen LogP contribution in [-0.2, 0) is 17.6 Å². The fourth-order valence-electron chi connectivity index (χ4n) is 2.41. The van der Waals surface area contributed by atoms with Crippen LogP contribution in [0.1, 0.15) is 27.0 Å². The zero-order valence-corrected chi connectivity index (χ0v) is 13.8. The highest BCUT2D eigenvalue weighted by molar-refractivity contribution is 5.97. The molecule has 0 spiro atoms. The van der Waals surface area contributed by atoms with Gasteiger partial charge in [-0.3, -0.25) is 9.59 Å². The molecule has 0 heterocycles. The molecule has 2 aromatic rings. The van der Waals surface area contributed by atoms with Gasteiger partial charge < -0.3 is 15.2 Å². The van der Waals surface area contributed by atoms with Crippen molar-refractivity contribution < 1.29 is 19.4 Å². The Bertz CT molecular complexity index is 723. The molecule has 5 heteroatoms. The molecule has 0 fully saturated rings. The number of ether oxygens (including phenoxy) is 1. The predicted octanol–water partition coefficient (Wildman–Crippen LogP) is 2.60. The maximum Gasteiger partial charge on any atom is 0.307 e. The Labute approximate surface area is 141 Å². The molecule has 5 nitrogen and oxygen atoms in total. The summed E-state index contributed by atoms with van der Waals surface area (Å²) in [6.45, 7) is 2.42. The zero-order chi connectivity index (χ0) is 17.5. The van der Waals surface area contributed by atoms with Crippen LogP contribution in [0, 0.1) is 6.92 Å². The molecular weight excluding hydrogens is 306 g/mol. The van der Waals surface area contributed by atoms with Crippen molar-refractivity contribution in [3.63, 3.8) is 0 Å². The Morgan fingerprint density at radius 2 is 1.75 bits per heavy atom. The van der Waals surface area contributed by atoms with E-state index in [0.29, 0.717) is 24.3 Å². The van der Waals surface area contributed by atoms with Gasteiger partial charge in [0.25, 0.3) is 5.91 Å². The molecule has 0 aromatic heterocycles. The molecular formula is C19H21NO4. The lowest BCUT2D eigenvalue weighted by Gasteiger charge is -2.10. The molecule has 2 N–H and O–H groups in total. The summed E-state index contributed by atoms with van der Waals surface area (Å²) in [4.78, 5) is 22.9. The van der Waals surface area contributed by atoms with E-state index in [0.717, 1.165) is 16.7 Å². The average molecular weight is 327 g/mol. The number of methoxy groups -OCH3 is 1. The Kier molecular flexibility index (Phi) is 5.95. The third-order valence-corrected chi connectivity index (χ3v) is 3.68. The normalized spacial score (nSPS) is 10.2. The topological polar surface area (TPSA) is 75.6 Å². The number of carboxylic acid groups (broad SMARTS) is 1. The molecule has 1 amide bonds. The second kappa shape index (κ2) is 8.15. The van der Waals surface area contributed by atoms with E-state index >= 15 is 0 Å². The molecule has 0 aliphatic carbocycles. The van der Waals surface area contributed by atoms with Crippen LogP contribution < -0.4 is 10.1 Å². The number of carbonyl (C=O) groups excluding carboxylic acids is 1. The number of rotatable bonds is 7. The second-order valence-corrected chi connectivity index (χ2v) is 5.60. The molecule has 0 aliphatic heterocycles. The third-order valence-electron chi connectivity index (χ3n) is 3.68. The Morgan fingerprint density at radius 1 is 1.08 bits per heavy atom. The van der Waals surface area contributed by atoms with Crippen molar-refractivity contribution in [1.82, 2.24) is 5.32 Å². The molecule has 0 saturated carbocycles. The second-order valence-electron chi connectivity index (χ2n) is 5.60. The van der Waals surface area contributed by atoms with Gasteiger partial charge in [0.15, 0.2) is 0 Å². The molecule has 0 bridgehead atoms. The number of carbonyl (C=O) groups is 2. The van der Waals surface area contributed by atoms with Crippen molar-refractivity contribution in [3.8, 4) is 5.75 Å². The van der Waals surface area contributed by atoms with E-state index in [9.17, 15) is 9.59 Å². The molecule has 0 radical (unpaired) electrons. The van der Waals surface area contributed by atoms with Crippen molar-refractivity contribution in [2.75, 3.05) is 13.7 Å². The minimum atomic E-state index is -0.845. The van der Waals surface area contributed by atoms with Crippen LogP contribution in [-0.4, -0.2) is 30.6 Å². The van der Waals surface area contributed by atoms with Gasteiger partial charge in [-0.2, -0.15) is 0 Å². The van der Waals surface area contributed by atoms with Crippen molar-refractivity contribution in [2.45, 2.75) is 19.8 Å². The fraction of sp³-hybridized carbons (Fsp3) is 0.263. The third kappa shape index (κ3) is 4.84. The number of aryl methyl sites for hydroxylation is 1. The van der Waals surface area contributed by atoms with Crippen LogP contribution in [0.3, 0.4) is 0 Å². The standard InChI is InChI=1S/C19H21NO4/c1-13-3-8-17(24-2)16(11-13)19(23)20-10-9-14-4-6-15(7-5-14)12-18(21)22/h3-8,11H,9-10,12H2,1-2H3,(H,20,23)(H,21,22). The lowest BCUT2D eigenvalue weighted by atomic mass is 10.1. The van der Waals surface area contributed by atoms with Gasteiger partial charge in [-0.15, -0.1) is 0 Å². The molecule has 24 heavy (non-hydrogen) atoms. The zero-order valence-electron chi connectivity index (χ0n) is 13.8. The smallest absolute Gasteiger partial charge is 0.307 e. The minimum absolute atomic E-state index is 0.0180. The number of hydrogen-bond acceptors (Lipinski definition) is 3. The molecule has 0 aliphatic rings. The largest absolute Gasteiger partial charge is 0.496 e. The highest BCUT2D eigenvalue weighted by Gasteiger charge is 2.11. The summed E-state index contributed by atoms with van der Waals surface area (Å²) in [5, 5.41) is 11.6. The summed E-state index contributed by atoms with van der Waals surface area (Å²) in [7, 11) is 1.54. The first-order chi connectivity index (χ1) is 11.5. The van der Waals surface area contributed by atoms with Gasteiger partial charge in [-0.1, -0.05) is 35.9 Å². The number of benzene rings is 2. The quantitative estimate of drug-likeness (QED) is 0.819. The van der Waals surface area contributed by atoms with E-state index in [4.69, 9.17) is 9.84 Å². The van der Waals surface area contributed by atoms with Crippen molar-refractivity contribution in [2.24, 2.45) is 0 Å². The van der Waals surface area contributed by atoms with Gasteiger partial charge >= 0.3 is 5.97 Å². The summed E-state index contributed by atoms with van der Waals surface area (Å²) in [5.41, 5.74) is 3.32. The lowest BCUT2D eigenvalue weighted by Crippen LogP contribution is -2.26. The van der Waals surface area contributed by atoms with Crippen LogP contribution in [0.15, 0.2) is 42.5 Å². The van der Waals surface area contributed by atoms with Crippen LogP contribution >= 0.6 is 0 Å². The molecule has 0 atom stereocenters. The van der Waals surface area contributed by atoms with Gasteiger partial charge in [0.1, 0.15) is 5.75 Å². The van der Waals surface area contributed by atoms with E-state index in [1.165, 1.54) is 0 Å².